The molecule has 0 aromatic heterocycles. The van der Waals surface area contributed by atoms with Crippen LogP contribution in [0.3, 0.4) is 0 Å². The molecular weight excluding hydrogens is 257 g/mol. The second-order valence-corrected chi connectivity index (χ2v) is 4.98. The quantitative estimate of drug-likeness (QED) is 0.756. The Morgan fingerprint density at radius 3 is 2.53 bits per heavy atom. The van der Waals surface area contributed by atoms with Crippen molar-refractivity contribution in [3.8, 4) is 0 Å². The second-order valence-electron chi connectivity index (χ2n) is 4.31. The molecule has 0 saturated carbocycles. The van der Waals surface area contributed by atoms with Crippen LogP contribution in [0.15, 0.2) is 24.3 Å². The third-order valence-corrected chi connectivity index (χ3v) is 3.88. The van der Waals surface area contributed by atoms with Gasteiger partial charge >= 0.3 is 0 Å². The number of hydrogen-bond acceptors (Lipinski definition) is 1. The summed E-state index contributed by atoms with van der Waals surface area (Å²) < 4.78 is 0. The van der Waals surface area contributed by atoms with E-state index in [1.165, 1.54) is 5.56 Å². The maximum atomic E-state index is 11.4. The Balaban J connectivity index is 2.00. The Bertz CT molecular complexity index is 400. The molecule has 4 heteroatoms. The topological polar surface area (TPSA) is 20.3 Å². The van der Waals surface area contributed by atoms with Gasteiger partial charge in [-0.05, 0) is 30.4 Å². The van der Waals surface area contributed by atoms with Crippen molar-refractivity contribution >= 4 is 29.1 Å². The summed E-state index contributed by atoms with van der Waals surface area (Å²) in [6.45, 7) is 1.56. The highest BCUT2D eigenvalue weighted by Gasteiger charge is 2.24. The fourth-order valence-electron chi connectivity index (χ4n) is 2.33. The van der Waals surface area contributed by atoms with Gasteiger partial charge in [0.2, 0.25) is 5.91 Å². The smallest absolute Gasteiger partial charge is 0.237 e. The first-order valence-corrected chi connectivity index (χ1v) is 6.71. The van der Waals surface area contributed by atoms with Gasteiger partial charge in [-0.3, -0.25) is 4.79 Å². The van der Waals surface area contributed by atoms with Crippen molar-refractivity contribution < 1.29 is 4.79 Å². The number of halogens is 2. The maximum absolute atomic E-state index is 11.4. The first-order chi connectivity index (χ1) is 8.22. The lowest BCUT2D eigenvalue weighted by molar-refractivity contribution is -0.129. The molecule has 0 aliphatic carbocycles. The van der Waals surface area contributed by atoms with Gasteiger partial charge < -0.3 is 4.90 Å². The van der Waals surface area contributed by atoms with E-state index in [9.17, 15) is 4.79 Å². The highest BCUT2D eigenvalue weighted by atomic mass is 35.5. The van der Waals surface area contributed by atoms with Crippen LogP contribution in [0.25, 0.3) is 0 Å². The van der Waals surface area contributed by atoms with E-state index in [4.69, 9.17) is 23.2 Å². The Hall–Kier alpha value is -0.730. The average Bonchev–Trinajstić information content (AvgIpc) is 2.39. The molecule has 0 unspecified atom stereocenters. The predicted molar refractivity (Wildman–Crippen MR) is 70.7 cm³/mol. The predicted octanol–water partition coefficient (Wildman–Crippen LogP) is 3.28. The minimum absolute atomic E-state index is 0.0317. The zero-order valence-corrected chi connectivity index (χ0v) is 11.0. The second kappa shape index (κ2) is 5.74. The van der Waals surface area contributed by atoms with Gasteiger partial charge in [-0.15, -0.1) is 11.6 Å². The summed E-state index contributed by atoms with van der Waals surface area (Å²) in [5.41, 5.74) is 1.20. The van der Waals surface area contributed by atoms with Gasteiger partial charge in [0.1, 0.15) is 5.88 Å². The average molecular weight is 272 g/mol. The maximum Gasteiger partial charge on any atom is 0.237 e. The van der Waals surface area contributed by atoms with E-state index >= 15 is 0 Å². The molecule has 0 bridgehead atoms. The third-order valence-electron chi connectivity index (χ3n) is 3.31. The van der Waals surface area contributed by atoms with Crippen LogP contribution >= 0.6 is 23.2 Å². The molecule has 2 rings (SSSR count). The number of alkyl halides is 1. The normalized spacial score (nSPS) is 17.2. The summed E-state index contributed by atoms with van der Waals surface area (Å²) in [5, 5.41) is 0.828. The van der Waals surface area contributed by atoms with E-state index in [1.54, 1.807) is 0 Å². The Labute approximate surface area is 112 Å². The number of carbonyl (C=O) groups is 1. The first kappa shape index (κ1) is 12.7. The van der Waals surface area contributed by atoms with Crippen molar-refractivity contribution in [2.45, 2.75) is 18.8 Å². The summed E-state index contributed by atoms with van der Waals surface area (Å²) in [7, 11) is 0. The molecule has 2 nitrogen and oxygen atoms in total. The molecule has 1 aliphatic rings. The summed E-state index contributed by atoms with van der Waals surface area (Å²) in [6, 6.07) is 7.95. The van der Waals surface area contributed by atoms with Gasteiger partial charge in [-0.25, -0.2) is 0 Å². The third kappa shape index (κ3) is 2.93. The summed E-state index contributed by atoms with van der Waals surface area (Å²) >= 11 is 11.7. The van der Waals surface area contributed by atoms with Gasteiger partial charge in [0, 0.05) is 18.1 Å². The summed E-state index contributed by atoms with van der Waals surface area (Å²) in [4.78, 5) is 13.3. The van der Waals surface area contributed by atoms with Crippen molar-refractivity contribution in [3.05, 3.63) is 34.9 Å². The molecule has 0 radical (unpaired) electrons. The van der Waals surface area contributed by atoms with Crippen molar-refractivity contribution in [3.63, 3.8) is 0 Å². The minimum Gasteiger partial charge on any atom is -0.342 e. The molecule has 0 N–H and O–H groups in total. The molecule has 1 amide bonds. The zero-order chi connectivity index (χ0) is 12.3. The number of rotatable bonds is 2. The van der Waals surface area contributed by atoms with Gasteiger partial charge in [0.15, 0.2) is 0 Å². The highest BCUT2D eigenvalue weighted by Crippen LogP contribution is 2.32. The van der Waals surface area contributed by atoms with Crippen molar-refractivity contribution in [2.75, 3.05) is 19.0 Å². The van der Waals surface area contributed by atoms with Gasteiger partial charge in [0.25, 0.3) is 0 Å². The van der Waals surface area contributed by atoms with E-state index in [0.717, 1.165) is 31.0 Å². The van der Waals surface area contributed by atoms with E-state index in [0.29, 0.717) is 5.92 Å². The molecule has 1 aliphatic heterocycles. The highest BCUT2D eigenvalue weighted by molar-refractivity contribution is 6.31. The van der Waals surface area contributed by atoms with Gasteiger partial charge in [0.05, 0.1) is 0 Å². The van der Waals surface area contributed by atoms with Gasteiger partial charge in [-0.1, -0.05) is 29.8 Å². The van der Waals surface area contributed by atoms with Gasteiger partial charge in [-0.2, -0.15) is 0 Å². The number of likely N-dealkylation sites (tertiary alicyclic amines) is 1. The van der Waals surface area contributed by atoms with Crippen molar-refractivity contribution in [1.29, 1.82) is 0 Å². The van der Waals surface area contributed by atoms with Crippen LogP contribution in [-0.2, 0) is 4.79 Å². The number of amides is 1. The van der Waals surface area contributed by atoms with Crippen LogP contribution in [0.5, 0.6) is 0 Å². The number of benzene rings is 1. The lowest BCUT2D eigenvalue weighted by Crippen LogP contribution is -2.38. The van der Waals surface area contributed by atoms with Crippen LogP contribution in [0.2, 0.25) is 5.02 Å². The zero-order valence-electron chi connectivity index (χ0n) is 9.53. The largest absolute Gasteiger partial charge is 0.342 e. The van der Waals surface area contributed by atoms with Crippen LogP contribution in [0.1, 0.15) is 24.3 Å². The van der Waals surface area contributed by atoms with Crippen LogP contribution in [-0.4, -0.2) is 29.8 Å². The Morgan fingerprint density at radius 2 is 1.94 bits per heavy atom. The Morgan fingerprint density at radius 1 is 1.29 bits per heavy atom. The fraction of sp³-hybridized carbons (Fsp3) is 0.462. The minimum atomic E-state index is 0.0317. The molecule has 1 aromatic carbocycles. The molecule has 1 fully saturated rings. The van der Waals surface area contributed by atoms with Crippen LogP contribution < -0.4 is 0 Å². The number of piperidine rings is 1. The number of hydrogen-bond donors (Lipinski definition) is 0. The van der Waals surface area contributed by atoms with E-state index in [1.807, 2.05) is 23.1 Å². The van der Waals surface area contributed by atoms with E-state index in [-0.39, 0.29) is 11.8 Å². The molecule has 1 aromatic rings. The first-order valence-electron chi connectivity index (χ1n) is 5.80. The fourth-order valence-corrected chi connectivity index (χ4v) is 2.79. The Kier molecular flexibility index (Phi) is 4.30. The monoisotopic (exact) mass is 271 g/mol. The number of carbonyl (C=O) groups excluding carboxylic acids is 1. The SMILES string of the molecule is O=C(CCl)N1CCC(c2ccccc2Cl)CC1. The molecule has 0 atom stereocenters. The van der Waals surface area contributed by atoms with Crippen LogP contribution in [0.4, 0.5) is 0 Å². The van der Waals surface area contributed by atoms with Crippen LogP contribution in [0, 0.1) is 0 Å². The molecule has 17 heavy (non-hydrogen) atoms. The molecule has 92 valence electrons. The van der Waals surface area contributed by atoms with E-state index < -0.39 is 0 Å². The lowest BCUT2D eigenvalue weighted by Gasteiger charge is -2.32. The van der Waals surface area contributed by atoms with E-state index in [2.05, 4.69) is 6.07 Å². The molecular formula is C13H15Cl2NO. The lowest BCUT2D eigenvalue weighted by atomic mass is 9.89. The van der Waals surface area contributed by atoms with Crippen molar-refractivity contribution in [1.82, 2.24) is 4.90 Å². The number of nitrogens with zero attached hydrogens (tertiary/aromatic N) is 1. The molecule has 0 spiro atoms. The summed E-state index contributed by atoms with van der Waals surface area (Å²) in [5.74, 6) is 0.573. The summed E-state index contributed by atoms with van der Waals surface area (Å²) in [6.07, 6.45) is 1.93. The standard InChI is InChI=1S/C13H15Cl2NO/c14-9-13(17)16-7-5-10(6-8-16)11-3-1-2-4-12(11)15/h1-4,10H,5-9H2. The molecule has 1 heterocycles. The van der Waals surface area contributed by atoms with Crippen molar-refractivity contribution in [2.24, 2.45) is 0 Å². The molecule has 1 saturated heterocycles.